The van der Waals surface area contributed by atoms with Gasteiger partial charge in [0.25, 0.3) is 0 Å². The maximum absolute atomic E-state index is 12.8. The van der Waals surface area contributed by atoms with Crippen molar-refractivity contribution in [2.45, 2.75) is 85.4 Å². The molecule has 1 aliphatic rings. The number of carbonyl (C=O) groups excluding carboxylic acids is 2. The molecule has 1 rings (SSSR count). The van der Waals surface area contributed by atoms with E-state index >= 15 is 0 Å². The molecule has 1 unspecified atom stereocenters. The fourth-order valence-corrected chi connectivity index (χ4v) is 3.56. The van der Waals surface area contributed by atoms with Gasteiger partial charge in [0.1, 0.15) is 5.76 Å². The van der Waals surface area contributed by atoms with Crippen LogP contribution in [0.25, 0.3) is 0 Å². The zero-order valence-corrected chi connectivity index (χ0v) is 17.1. The fourth-order valence-electron chi connectivity index (χ4n) is 3.56. The zero-order valence-electron chi connectivity index (χ0n) is 17.1. The Bertz CT molecular complexity index is 547. The average Bonchev–Trinajstić information content (AvgIpc) is 2.69. The van der Waals surface area contributed by atoms with E-state index in [4.69, 9.17) is 0 Å². The van der Waals surface area contributed by atoms with E-state index in [0.29, 0.717) is 25.2 Å². The van der Waals surface area contributed by atoms with E-state index in [-0.39, 0.29) is 30.3 Å². The van der Waals surface area contributed by atoms with E-state index in [0.717, 1.165) is 0 Å². The van der Waals surface area contributed by atoms with Gasteiger partial charge in [0.2, 0.25) is 0 Å². The van der Waals surface area contributed by atoms with E-state index in [1.165, 1.54) is 0 Å². The average molecular weight is 369 g/mol. The minimum absolute atomic E-state index is 0.0504. The van der Waals surface area contributed by atoms with Crippen LogP contribution in [-0.2, 0) is 9.59 Å². The predicted octanol–water partition coefficient (Wildman–Crippen LogP) is 3.58. The molecule has 0 bridgehead atoms. The van der Waals surface area contributed by atoms with Gasteiger partial charge in [0.05, 0.1) is 11.7 Å². The van der Waals surface area contributed by atoms with Crippen molar-refractivity contribution >= 4 is 11.6 Å². The normalized spacial score (nSPS) is 26.4. The van der Waals surface area contributed by atoms with E-state index < -0.39 is 34.9 Å². The smallest absolute Gasteiger partial charge is 0.185 e. The first-order valence-electron chi connectivity index (χ1n) is 9.83. The van der Waals surface area contributed by atoms with Gasteiger partial charge in [-0.2, -0.15) is 0 Å². The Morgan fingerprint density at radius 3 is 2.00 bits per heavy atom. The third-order valence-electron chi connectivity index (χ3n) is 5.15. The highest BCUT2D eigenvalue weighted by Crippen LogP contribution is 2.45. The molecule has 0 heterocycles. The first-order valence-corrected chi connectivity index (χ1v) is 9.83. The maximum Gasteiger partial charge on any atom is 0.185 e. The molecule has 0 spiro atoms. The summed E-state index contributed by atoms with van der Waals surface area (Å²) in [5.41, 5.74) is -2.33. The summed E-state index contributed by atoms with van der Waals surface area (Å²) in [4.78, 5) is 25.3. The summed E-state index contributed by atoms with van der Waals surface area (Å²) in [5, 5.41) is 32.6. The summed E-state index contributed by atoms with van der Waals surface area (Å²) in [7, 11) is 0. The van der Waals surface area contributed by atoms with Gasteiger partial charge in [0, 0.05) is 18.8 Å². The maximum atomic E-state index is 12.8. The van der Waals surface area contributed by atoms with Crippen molar-refractivity contribution in [3.8, 4) is 0 Å². The third kappa shape index (κ3) is 4.95. The molecule has 0 fully saturated rings. The zero-order chi connectivity index (χ0) is 20.2. The van der Waals surface area contributed by atoms with Gasteiger partial charge in [-0.1, -0.05) is 48.0 Å². The largest absolute Gasteiger partial charge is 0.508 e. The van der Waals surface area contributed by atoms with Crippen molar-refractivity contribution in [3.63, 3.8) is 0 Å². The van der Waals surface area contributed by atoms with Crippen LogP contribution in [0.5, 0.6) is 0 Å². The summed E-state index contributed by atoms with van der Waals surface area (Å²) in [6.07, 6.45) is 0.578. The van der Waals surface area contributed by atoms with Gasteiger partial charge in [0.15, 0.2) is 17.2 Å². The highest BCUT2D eigenvalue weighted by molar-refractivity contribution is 6.02. The third-order valence-corrected chi connectivity index (χ3v) is 5.15. The quantitative estimate of drug-likeness (QED) is 0.548. The standard InChI is InChI=1S/C21H36O5/c1-12(2)7-9-15-19(24)18(16(22)11-14(5)6)20(25)21(15,26)17(23)10-8-13(3)4/h12-15,19,24-26H,7-11H2,1-6H3/t15-,19?,21-/m1/s1. The lowest BCUT2D eigenvalue weighted by molar-refractivity contribution is -0.144. The second-order valence-electron chi connectivity index (χ2n) is 8.93. The summed E-state index contributed by atoms with van der Waals surface area (Å²) >= 11 is 0. The van der Waals surface area contributed by atoms with Crippen LogP contribution in [0.2, 0.25) is 0 Å². The second kappa shape index (κ2) is 9.14. The first-order chi connectivity index (χ1) is 11.9. The minimum Gasteiger partial charge on any atom is -0.508 e. The van der Waals surface area contributed by atoms with Gasteiger partial charge in [-0.3, -0.25) is 9.59 Å². The Morgan fingerprint density at radius 1 is 1.00 bits per heavy atom. The summed E-state index contributed by atoms with van der Waals surface area (Å²) < 4.78 is 0. The number of ketones is 2. The molecule has 3 N–H and O–H groups in total. The summed E-state index contributed by atoms with van der Waals surface area (Å²) in [5.74, 6) is -1.77. The van der Waals surface area contributed by atoms with Crippen LogP contribution >= 0.6 is 0 Å². The summed E-state index contributed by atoms with van der Waals surface area (Å²) in [6.45, 7) is 11.7. The topological polar surface area (TPSA) is 94.8 Å². The molecule has 0 aromatic rings. The number of aliphatic hydroxyl groups excluding tert-OH is 2. The first kappa shape index (κ1) is 22.8. The molecule has 1 aliphatic carbocycles. The van der Waals surface area contributed by atoms with Crippen LogP contribution in [0.15, 0.2) is 11.3 Å². The molecule has 0 aromatic carbocycles. The molecule has 5 heteroatoms. The minimum atomic E-state index is -2.16. The van der Waals surface area contributed by atoms with Crippen molar-refractivity contribution in [1.82, 2.24) is 0 Å². The van der Waals surface area contributed by atoms with Crippen LogP contribution in [0.4, 0.5) is 0 Å². The number of Topliss-reactive ketones (excluding diaryl/α,β-unsaturated/α-hetero) is 2. The second-order valence-corrected chi connectivity index (χ2v) is 8.93. The molecule has 3 atom stereocenters. The Morgan fingerprint density at radius 2 is 1.54 bits per heavy atom. The number of carbonyl (C=O) groups is 2. The van der Waals surface area contributed by atoms with Crippen molar-refractivity contribution in [2.75, 3.05) is 0 Å². The molecule has 26 heavy (non-hydrogen) atoms. The van der Waals surface area contributed by atoms with Crippen LogP contribution in [0.1, 0.15) is 73.6 Å². The Labute approximate surface area is 157 Å². The van der Waals surface area contributed by atoms with Crippen molar-refractivity contribution < 1.29 is 24.9 Å². The Hall–Kier alpha value is -1.20. The number of hydrogen-bond acceptors (Lipinski definition) is 5. The molecule has 0 aliphatic heterocycles. The highest BCUT2D eigenvalue weighted by Gasteiger charge is 2.58. The predicted molar refractivity (Wildman–Crippen MR) is 102 cm³/mol. The highest BCUT2D eigenvalue weighted by atomic mass is 16.4. The monoisotopic (exact) mass is 368 g/mol. The van der Waals surface area contributed by atoms with Crippen molar-refractivity contribution in [3.05, 3.63) is 11.3 Å². The SMILES string of the molecule is CC(C)CCC(=O)[C@@]1(O)C(O)=C(C(=O)CC(C)C)C(O)[C@H]1CCC(C)C. The molecule has 0 radical (unpaired) electrons. The number of rotatable bonds is 10. The molecule has 5 nitrogen and oxygen atoms in total. The Balaban J connectivity index is 3.24. The van der Waals surface area contributed by atoms with Gasteiger partial charge in [-0.15, -0.1) is 0 Å². The molecule has 0 aromatic heterocycles. The summed E-state index contributed by atoms with van der Waals surface area (Å²) in [6, 6.07) is 0. The fraction of sp³-hybridized carbons (Fsp3) is 0.810. The molecule has 150 valence electrons. The number of hydrogen-bond donors (Lipinski definition) is 3. The van der Waals surface area contributed by atoms with Crippen LogP contribution in [0, 0.1) is 23.7 Å². The van der Waals surface area contributed by atoms with Gasteiger partial charge < -0.3 is 15.3 Å². The van der Waals surface area contributed by atoms with Gasteiger partial charge in [-0.25, -0.2) is 0 Å². The van der Waals surface area contributed by atoms with Crippen molar-refractivity contribution in [2.24, 2.45) is 23.7 Å². The van der Waals surface area contributed by atoms with Gasteiger partial charge in [-0.05, 0) is 30.6 Å². The van der Waals surface area contributed by atoms with Crippen LogP contribution in [-0.4, -0.2) is 38.6 Å². The van der Waals surface area contributed by atoms with Gasteiger partial charge >= 0.3 is 0 Å². The molecular formula is C21H36O5. The molecular weight excluding hydrogens is 332 g/mol. The molecule has 0 saturated heterocycles. The van der Waals surface area contributed by atoms with E-state index in [1.54, 1.807) is 0 Å². The van der Waals surface area contributed by atoms with Crippen LogP contribution < -0.4 is 0 Å². The van der Waals surface area contributed by atoms with Crippen molar-refractivity contribution in [1.29, 1.82) is 0 Å². The number of aliphatic hydroxyl groups is 3. The lowest BCUT2D eigenvalue weighted by Crippen LogP contribution is -2.47. The van der Waals surface area contributed by atoms with E-state index in [9.17, 15) is 24.9 Å². The van der Waals surface area contributed by atoms with Crippen LogP contribution in [0.3, 0.4) is 0 Å². The lowest BCUT2D eigenvalue weighted by Gasteiger charge is -2.31. The Kier molecular flexibility index (Phi) is 8.03. The lowest BCUT2D eigenvalue weighted by atomic mass is 9.78. The molecule has 0 amide bonds. The van der Waals surface area contributed by atoms with E-state index in [2.05, 4.69) is 0 Å². The van der Waals surface area contributed by atoms with E-state index in [1.807, 2.05) is 41.5 Å². The molecule has 0 saturated carbocycles.